The number of benzene rings is 8. The summed E-state index contributed by atoms with van der Waals surface area (Å²) in [6.07, 6.45) is 0. The number of hydrogen-bond donors (Lipinski definition) is 0. The van der Waals surface area contributed by atoms with Gasteiger partial charge in [0.15, 0.2) is 0 Å². The van der Waals surface area contributed by atoms with Crippen molar-refractivity contribution in [2.24, 2.45) is 0 Å². The maximum atomic E-state index is 15.6. The molecule has 0 atom stereocenters. The van der Waals surface area contributed by atoms with Crippen molar-refractivity contribution in [3.63, 3.8) is 0 Å². The first kappa shape index (κ1) is 32.7. The van der Waals surface area contributed by atoms with E-state index in [-0.39, 0.29) is 29.7 Å². The van der Waals surface area contributed by atoms with E-state index in [1.807, 2.05) is 0 Å². The summed E-state index contributed by atoms with van der Waals surface area (Å²) in [5.41, 5.74) is 24.5. The average molecular weight is 780 g/mol. The summed E-state index contributed by atoms with van der Waals surface area (Å²) in [5, 5.41) is 0.793. The third-order valence-electron chi connectivity index (χ3n) is 15.4. The normalized spacial score (nSPS) is 17.9. The predicted octanol–water partition coefficient (Wildman–Crippen LogP) is 10.5. The quantitative estimate of drug-likeness (QED) is 0.144. The number of anilines is 3. The molecular formula is C56H38BN3O. The van der Waals surface area contributed by atoms with Crippen LogP contribution in [0.25, 0.3) is 27.7 Å². The number of fused-ring (bicyclic) bond motifs is 17. The molecule has 1 spiro atoms. The van der Waals surface area contributed by atoms with Crippen LogP contribution in [0.1, 0.15) is 93.8 Å². The highest BCUT2D eigenvalue weighted by atomic mass is 16.1. The molecule has 1 aromatic heterocycles. The summed E-state index contributed by atoms with van der Waals surface area (Å²) in [4.78, 5) is 18.2. The highest BCUT2D eigenvalue weighted by molar-refractivity contribution is 6.88. The second-order valence-electron chi connectivity index (χ2n) is 19.1. The molecule has 286 valence electrons. The molecule has 4 aliphatic carbocycles. The molecule has 4 nitrogen and oxygen atoms in total. The molecule has 61 heavy (non-hydrogen) atoms. The molecule has 9 aromatic rings. The van der Waals surface area contributed by atoms with Crippen LogP contribution in [0.15, 0.2) is 169 Å². The summed E-state index contributed by atoms with van der Waals surface area (Å²) in [6, 6.07) is 61.5. The van der Waals surface area contributed by atoms with Crippen LogP contribution < -0.4 is 21.4 Å². The highest BCUT2D eigenvalue weighted by Gasteiger charge is 2.56. The molecule has 4 heterocycles. The molecule has 0 saturated heterocycles. The van der Waals surface area contributed by atoms with Crippen LogP contribution in [0.2, 0.25) is 0 Å². The van der Waals surface area contributed by atoms with Crippen LogP contribution in [0.3, 0.4) is 0 Å². The maximum Gasteiger partial charge on any atom is 0.357 e. The van der Waals surface area contributed by atoms with Gasteiger partial charge in [-0.15, -0.1) is 0 Å². The van der Waals surface area contributed by atoms with E-state index in [0.29, 0.717) is 0 Å². The Labute approximate surface area is 354 Å². The standard InChI is InChI=1S/C56H38BN3O/c1-55(2,3)31-24-26-47-45(28-31)57-52-48(27-25-44-53(52)58(47)46-23-13-12-22-43(46)56(44)41-20-10-8-14-32(41)33-15-9-11-21-42(33)56)59-49-30-39-38(29-40(49)54(61)60(57)59)50-34-16-4-6-18-36(34)51(39)37-19-7-5-17-35(37)50/h4-30,50-51H,1-3H3. The minimum absolute atomic E-state index is 0.0683. The highest BCUT2D eigenvalue weighted by Crippen LogP contribution is 2.64. The van der Waals surface area contributed by atoms with Gasteiger partial charge in [-0.1, -0.05) is 154 Å². The topological polar surface area (TPSA) is 30.2 Å². The lowest BCUT2D eigenvalue weighted by molar-refractivity contribution is 0.590. The maximum absolute atomic E-state index is 15.6. The fourth-order valence-corrected chi connectivity index (χ4v) is 13.1. The Kier molecular flexibility index (Phi) is 5.69. The molecule has 0 radical (unpaired) electrons. The molecule has 0 N–H and O–H groups in total. The molecule has 0 amide bonds. The zero-order valence-corrected chi connectivity index (χ0v) is 34.1. The van der Waals surface area contributed by atoms with Crippen molar-refractivity contribution in [2.45, 2.75) is 43.4 Å². The van der Waals surface area contributed by atoms with E-state index < -0.39 is 5.41 Å². The summed E-state index contributed by atoms with van der Waals surface area (Å²) in [7, 11) is 0. The van der Waals surface area contributed by atoms with Gasteiger partial charge in [0, 0.05) is 23.0 Å². The van der Waals surface area contributed by atoms with E-state index >= 15 is 4.79 Å². The van der Waals surface area contributed by atoms with Crippen LogP contribution in [0, 0.1) is 0 Å². The predicted molar refractivity (Wildman–Crippen MR) is 247 cm³/mol. The molecule has 8 aromatic carbocycles. The van der Waals surface area contributed by atoms with Gasteiger partial charge in [-0.05, 0) is 114 Å². The van der Waals surface area contributed by atoms with E-state index in [9.17, 15) is 0 Å². The second-order valence-corrected chi connectivity index (χ2v) is 19.1. The second kappa shape index (κ2) is 10.6. The molecule has 16 rings (SSSR count). The summed E-state index contributed by atoms with van der Waals surface area (Å²) < 4.78 is 4.43. The zero-order valence-electron chi connectivity index (χ0n) is 34.1. The van der Waals surface area contributed by atoms with Gasteiger partial charge in [0.05, 0.1) is 33.4 Å². The monoisotopic (exact) mass is 779 g/mol. The Hall–Kier alpha value is -7.11. The smallest absolute Gasteiger partial charge is 0.311 e. The Balaban J connectivity index is 1.08. The van der Waals surface area contributed by atoms with Crippen molar-refractivity contribution in [1.29, 1.82) is 0 Å². The fourth-order valence-electron chi connectivity index (χ4n) is 13.1. The van der Waals surface area contributed by atoms with E-state index in [4.69, 9.17) is 0 Å². The molecule has 3 aliphatic heterocycles. The number of para-hydroxylation sites is 1. The minimum atomic E-state index is -0.540. The van der Waals surface area contributed by atoms with Crippen LogP contribution >= 0.6 is 0 Å². The number of nitrogens with zero attached hydrogens (tertiary/aromatic N) is 3. The first-order chi connectivity index (χ1) is 29.9. The Morgan fingerprint density at radius 1 is 0.525 bits per heavy atom. The summed E-state index contributed by atoms with van der Waals surface area (Å²) in [5.74, 6) is 0.213. The number of aromatic nitrogens is 2. The zero-order chi connectivity index (χ0) is 40.3. The van der Waals surface area contributed by atoms with Gasteiger partial charge in [0.25, 0.3) is 5.56 Å². The van der Waals surface area contributed by atoms with Gasteiger partial charge in [-0.3, -0.25) is 14.1 Å². The van der Waals surface area contributed by atoms with Crippen molar-refractivity contribution >= 4 is 45.7 Å². The minimum Gasteiger partial charge on any atom is -0.311 e. The van der Waals surface area contributed by atoms with Gasteiger partial charge < -0.3 is 4.90 Å². The molecule has 0 unspecified atom stereocenters. The van der Waals surface area contributed by atoms with Crippen LogP contribution in [-0.2, 0) is 10.8 Å². The molecule has 5 heteroatoms. The molecule has 7 aliphatic rings. The molecule has 0 fully saturated rings. The van der Waals surface area contributed by atoms with Gasteiger partial charge >= 0.3 is 6.85 Å². The SMILES string of the molecule is CC(C)(C)c1ccc2c(c1)B1c3c(ccc4c3N2c2ccccc2C42c3ccccc3-c3ccccc32)-n2c3cc4c(cc3c(=O)n21)C1c2ccccc2C4c2ccccc21. The first-order valence-electron chi connectivity index (χ1n) is 21.8. The third kappa shape index (κ3) is 3.57. The lowest BCUT2D eigenvalue weighted by Crippen LogP contribution is -2.57. The Bertz CT molecular complexity index is 3510. The van der Waals surface area contributed by atoms with E-state index in [0.717, 1.165) is 22.3 Å². The van der Waals surface area contributed by atoms with Crippen molar-refractivity contribution in [1.82, 2.24) is 9.27 Å². The van der Waals surface area contributed by atoms with Gasteiger partial charge in [-0.25, -0.2) is 0 Å². The van der Waals surface area contributed by atoms with Crippen molar-refractivity contribution < 1.29 is 0 Å². The summed E-state index contributed by atoms with van der Waals surface area (Å²) in [6.45, 7) is 6.56. The molecular weight excluding hydrogens is 741 g/mol. The molecule has 2 bridgehead atoms. The van der Waals surface area contributed by atoms with Crippen molar-refractivity contribution in [2.75, 3.05) is 4.90 Å². The Morgan fingerprint density at radius 3 is 1.72 bits per heavy atom. The van der Waals surface area contributed by atoms with E-state index in [2.05, 4.69) is 199 Å². The molecule has 0 saturated carbocycles. The number of hydrogen-bond acceptors (Lipinski definition) is 2. The van der Waals surface area contributed by atoms with Gasteiger partial charge in [0.2, 0.25) is 0 Å². The largest absolute Gasteiger partial charge is 0.357 e. The fraction of sp³-hybridized carbons (Fsp3) is 0.125. The third-order valence-corrected chi connectivity index (χ3v) is 15.4. The Morgan fingerprint density at radius 2 is 1.08 bits per heavy atom. The van der Waals surface area contributed by atoms with Crippen LogP contribution in [0.5, 0.6) is 0 Å². The lowest BCUT2D eigenvalue weighted by atomic mass is 9.46. The van der Waals surface area contributed by atoms with Crippen molar-refractivity contribution in [3.05, 3.63) is 235 Å². The van der Waals surface area contributed by atoms with Gasteiger partial charge in [-0.2, -0.15) is 0 Å². The average Bonchev–Trinajstić information content (AvgIpc) is 3.90. The van der Waals surface area contributed by atoms with Crippen molar-refractivity contribution in [3.8, 4) is 16.8 Å². The number of rotatable bonds is 0. The summed E-state index contributed by atoms with van der Waals surface area (Å²) >= 11 is 0. The van der Waals surface area contributed by atoms with Crippen LogP contribution in [-0.4, -0.2) is 16.1 Å². The van der Waals surface area contributed by atoms with E-state index in [1.165, 1.54) is 94.6 Å². The first-order valence-corrected chi connectivity index (χ1v) is 21.8. The van der Waals surface area contributed by atoms with Crippen LogP contribution in [0.4, 0.5) is 17.1 Å². The van der Waals surface area contributed by atoms with E-state index in [1.54, 1.807) is 0 Å². The lowest BCUT2D eigenvalue weighted by Gasteiger charge is -2.48. The van der Waals surface area contributed by atoms with Gasteiger partial charge in [0.1, 0.15) is 0 Å².